The van der Waals surface area contributed by atoms with Crippen LogP contribution in [0.1, 0.15) is 31.2 Å². The molecule has 0 aromatic heterocycles. The molecular weight excluding hydrogens is 283 g/mol. The summed E-state index contributed by atoms with van der Waals surface area (Å²) in [4.78, 5) is 0.351. The van der Waals surface area contributed by atoms with Crippen molar-refractivity contribution in [2.75, 3.05) is 7.11 Å². The predicted molar refractivity (Wildman–Crippen MR) is 71.0 cm³/mol. The maximum absolute atomic E-state index is 13.1. The number of benzene rings is 1. The topological polar surface area (TPSA) is 9.23 Å². The molecule has 0 spiro atoms. The number of alkyl halides is 1. The van der Waals surface area contributed by atoms with Crippen molar-refractivity contribution in [1.82, 2.24) is 0 Å². The Morgan fingerprint density at radius 1 is 1.47 bits per heavy atom. The second kappa shape index (κ2) is 5.49. The first kappa shape index (κ1) is 13.0. The summed E-state index contributed by atoms with van der Waals surface area (Å²) in [7, 11) is 1.79. The molecule has 0 saturated heterocycles. The lowest BCUT2D eigenvalue weighted by Gasteiger charge is -2.42. The number of halogens is 2. The van der Waals surface area contributed by atoms with Crippen LogP contribution < -0.4 is 0 Å². The fraction of sp³-hybridized carbons (Fsp3) is 0.571. The summed E-state index contributed by atoms with van der Waals surface area (Å²) in [6.07, 6.45) is 5.40. The highest BCUT2D eigenvalue weighted by Gasteiger charge is 2.38. The van der Waals surface area contributed by atoms with Crippen LogP contribution in [0.5, 0.6) is 0 Å². The maximum atomic E-state index is 13.1. The molecule has 1 fully saturated rings. The van der Waals surface area contributed by atoms with E-state index in [1.54, 1.807) is 19.2 Å². The summed E-state index contributed by atoms with van der Waals surface area (Å²) in [5.74, 6) is -0.160. The summed E-state index contributed by atoms with van der Waals surface area (Å²) >= 11 is 3.69. The molecule has 1 nitrogen and oxygen atoms in total. The quantitative estimate of drug-likeness (QED) is 0.744. The Labute approximate surface area is 110 Å². The van der Waals surface area contributed by atoms with Crippen molar-refractivity contribution in [3.63, 3.8) is 0 Å². The lowest BCUT2D eigenvalue weighted by molar-refractivity contribution is -0.0770. The van der Waals surface area contributed by atoms with Crippen LogP contribution in [0.15, 0.2) is 24.3 Å². The third-order valence-electron chi connectivity index (χ3n) is 3.64. The van der Waals surface area contributed by atoms with Crippen molar-refractivity contribution in [3.8, 4) is 0 Å². The van der Waals surface area contributed by atoms with Crippen LogP contribution in [-0.4, -0.2) is 17.5 Å². The molecule has 1 aliphatic carbocycles. The zero-order valence-corrected chi connectivity index (χ0v) is 11.7. The van der Waals surface area contributed by atoms with Crippen LogP contribution in [0, 0.1) is 5.82 Å². The summed E-state index contributed by atoms with van der Waals surface area (Å²) in [6.45, 7) is 0. The Morgan fingerprint density at radius 2 is 2.24 bits per heavy atom. The first-order valence-electron chi connectivity index (χ1n) is 6.07. The molecule has 1 aromatic rings. The average molecular weight is 301 g/mol. The van der Waals surface area contributed by atoms with Gasteiger partial charge in [0.05, 0.1) is 5.60 Å². The molecule has 94 valence electrons. The first-order chi connectivity index (χ1) is 8.13. The summed E-state index contributed by atoms with van der Waals surface area (Å²) < 4.78 is 18.7. The van der Waals surface area contributed by atoms with E-state index in [4.69, 9.17) is 4.74 Å². The van der Waals surface area contributed by atoms with Crippen LogP contribution in [0.25, 0.3) is 0 Å². The molecule has 2 rings (SSSR count). The number of rotatable bonds is 5. The van der Waals surface area contributed by atoms with Gasteiger partial charge in [0.15, 0.2) is 0 Å². The smallest absolute Gasteiger partial charge is 0.123 e. The van der Waals surface area contributed by atoms with Gasteiger partial charge in [-0.15, -0.1) is 0 Å². The Hall–Kier alpha value is -0.410. The molecule has 0 aliphatic heterocycles. The summed E-state index contributed by atoms with van der Waals surface area (Å²) in [6, 6.07) is 6.82. The van der Waals surface area contributed by atoms with Crippen molar-refractivity contribution in [2.24, 2.45) is 0 Å². The molecular formula is C14H18BrFO. The van der Waals surface area contributed by atoms with Gasteiger partial charge in [-0.2, -0.15) is 0 Å². The SMILES string of the molecule is COC1(CC(Br)Cc2cccc(F)c2)CCC1. The van der Waals surface area contributed by atoms with Crippen molar-refractivity contribution >= 4 is 15.9 Å². The van der Waals surface area contributed by atoms with Crippen molar-refractivity contribution in [1.29, 1.82) is 0 Å². The van der Waals surface area contributed by atoms with E-state index in [9.17, 15) is 4.39 Å². The van der Waals surface area contributed by atoms with E-state index in [0.29, 0.717) is 4.83 Å². The molecule has 1 aromatic carbocycles. The first-order valence-corrected chi connectivity index (χ1v) is 6.99. The van der Waals surface area contributed by atoms with Crippen LogP contribution >= 0.6 is 15.9 Å². The Balaban J connectivity index is 1.90. The van der Waals surface area contributed by atoms with Crippen LogP contribution in [0.3, 0.4) is 0 Å². The highest BCUT2D eigenvalue weighted by molar-refractivity contribution is 9.09. The highest BCUT2D eigenvalue weighted by atomic mass is 79.9. The van der Waals surface area contributed by atoms with Gasteiger partial charge in [-0.1, -0.05) is 28.1 Å². The van der Waals surface area contributed by atoms with Crippen LogP contribution in [-0.2, 0) is 11.2 Å². The number of methoxy groups -OCH3 is 1. The van der Waals surface area contributed by atoms with Crippen LogP contribution in [0.2, 0.25) is 0 Å². The van der Waals surface area contributed by atoms with Gasteiger partial charge >= 0.3 is 0 Å². The monoisotopic (exact) mass is 300 g/mol. The van der Waals surface area contributed by atoms with E-state index in [2.05, 4.69) is 15.9 Å². The Bertz CT molecular complexity index is 371. The van der Waals surface area contributed by atoms with E-state index in [1.807, 2.05) is 6.07 Å². The van der Waals surface area contributed by atoms with E-state index in [-0.39, 0.29) is 11.4 Å². The average Bonchev–Trinajstić information content (AvgIpc) is 2.23. The van der Waals surface area contributed by atoms with Gasteiger partial charge in [0.25, 0.3) is 0 Å². The van der Waals surface area contributed by atoms with Gasteiger partial charge in [0.2, 0.25) is 0 Å². The molecule has 1 atom stereocenters. The highest BCUT2D eigenvalue weighted by Crippen LogP contribution is 2.40. The summed E-state index contributed by atoms with van der Waals surface area (Å²) in [5.41, 5.74) is 1.11. The zero-order valence-electron chi connectivity index (χ0n) is 10.1. The number of ether oxygens (including phenoxy) is 1. The second-order valence-corrected chi connectivity index (χ2v) is 6.17. The van der Waals surface area contributed by atoms with E-state index < -0.39 is 0 Å². The third kappa shape index (κ3) is 3.29. The van der Waals surface area contributed by atoms with Gasteiger partial charge in [-0.05, 0) is 49.8 Å². The minimum Gasteiger partial charge on any atom is -0.378 e. The third-order valence-corrected chi connectivity index (χ3v) is 4.28. The predicted octanol–water partition coefficient (Wildman–Crippen LogP) is 4.09. The molecule has 1 saturated carbocycles. The lowest BCUT2D eigenvalue weighted by atomic mass is 9.76. The normalized spacial score (nSPS) is 19.7. The molecule has 3 heteroatoms. The fourth-order valence-electron chi connectivity index (χ4n) is 2.46. The van der Waals surface area contributed by atoms with Crippen molar-refractivity contribution in [2.45, 2.75) is 42.5 Å². The molecule has 0 amide bonds. The van der Waals surface area contributed by atoms with Gasteiger partial charge in [0.1, 0.15) is 5.82 Å². The summed E-state index contributed by atoms with van der Waals surface area (Å²) in [5, 5.41) is 0. The van der Waals surface area contributed by atoms with Gasteiger partial charge in [-0.25, -0.2) is 4.39 Å². The largest absolute Gasteiger partial charge is 0.378 e. The molecule has 17 heavy (non-hydrogen) atoms. The van der Waals surface area contributed by atoms with Gasteiger partial charge < -0.3 is 4.74 Å². The second-order valence-electron chi connectivity index (χ2n) is 4.88. The van der Waals surface area contributed by atoms with Crippen LogP contribution in [0.4, 0.5) is 4.39 Å². The van der Waals surface area contributed by atoms with Gasteiger partial charge in [-0.3, -0.25) is 0 Å². The van der Waals surface area contributed by atoms with E-state index in [0.717, 1.165) is 31.2 Å². The molecule has 0 bridgehead atoms. The minimum atomic E-state index is -0.160. The Kier molecular flexibility index (Phi) is 4.21. The molecule has 0 radical (unpaired) electrons. The number of hydrogen-bond acceptors (Lipinski definition) is 1. The standard InChI is InChI=1S/C14H18BrFO/c1-17-14(6-3-7-14)10-12(15)8-11-4-2-5-13(16)9-11/h2,4-5,9,12H,3,6-8,10H2,1H3. The zero-order chi connectivity index (χ0) is 12.3. The van der Waals surface area contributed by atoms with Gasteiger partial charge in [0, 0.05) is 11.9 Å². The van der Waals surface area contributed by atoms with Crippen molar-refractivity contribution < 1.29 is 9.13 Å². The molecule has 0 heterocycles. The molecule has 1 aliphatic rings. The Morgan fingerprint density at radius 3 is 2.76 bits per heavy atom. The van der Waals surface area contributed by atoms with Crippen molar-refractivity contribution in [3.05, 3.63) is 35.6 Å². The number of hydrogen-bond donors (Lipinski definition) is 0. The maximum Gasteiger partial charge on any atom is 0.123 e. The molecule has 1 unspecified atom stereocenters. The lowest BCUT2D eigenvalue weighted by Crippen LogP contribution is -2.41. The molecule has 0 N–H and O–H groups in total. The minimum absolute atomic E-state index is 0.0709. The fourth-order valence-corrected chi connectivity index (χ4v) is 3.42. The van der Waals surface area contributed by atoms with E-state index >= 15 is 0 Å². The van der Waals surface area contributed by atoms with E-state index in [1.165, 1.54) is 12.5 Å².